The highest BCUT2D eigenvalue weighted by Gasteiger charge is 2.15. The van der Waals surface area contributed by atoms with Crippen LogP contribution < -0.4 is 5.73 Å². The zero-order valence-electron chi connectivity index (χ0n) is 9.03. The van der Waals surface area contributed by atoms with Crippen molar-refractivity contribution in [2.75, 3.05) is 7.11 Å². The lowest BCUT2D eigenvalue weighted by atomic mass is 10.3. The molecule has 0 aromatic carbocycles. The fourth-order valence-electron chi connectivity index (χ4n) is 1.37. The van der Waals surface area contributed by atoms with Gasteiger partial charge in [-0.15, -0.1) is 10.2 Å². The molecule has 0 bridgehead atoms. The Bertz CT molecular complexity index is 284. The number of aromatic nitrogens is 3. The quantitative estimate of drug-likeness (QED) is 0.761. The average molecular weight is 198 g/mol. The molecule has 0 aliphatic carbocycles. The molecule has 0 spiro atoms. The molecule has 80 valence electrons. The molecule has 14 heavy (non-hydrogen) atoms. The summed E-state index contributed by atoms with van der Waals surface area (Å²) in [6.07, 6.45) is 1.00. The van der Waals surface area contributed by atoms with Gasteiger partial charge in [-0.1, -0.05) is 6.92 Å². The van der Waals surface area contributed by atoms with E-state index in [4.69, 9.17) is 10.5 Å². The number of hydrogen-bond acceptors (Lipinski definition) is 4. The summed E-state index contributed by atoms with van der Waals surface area (Å²) >= 11 is 0. The molecule has 0 radical (unpaired) electrons. The normalized spacial score (nSPS) is 13.1. The van der Waals surface area contributed by atoms with Crippen LogP contribution in [0.1, 0.15) is 38.0 Å². The molecule has 5 nitrogen and oxygen atoms in total. The van der Waals surface area contributed by atoms with E-state index in [2.05, 4.69) is 17.1 Å². The molecule has 1 atom stereocenters. The summed E-state index contributed by atoms with van der Waals surface area (Å²) in [4.78, 5) is 0. The van der Waals surface area contributed by atoms with Crippen molar-refractivity contribution in [2.24, 2.45) is 5.73 Å². The Hall–Kier alpha value is -0.940. The first-order valence-electron chi connectivity index (χ1n) is 4.89. The fraction of sp³-hybridized carbons (Fsp3) is 0.778. The van der Waals surface area contributed by atoms with E-state index in [1.807, 2.05) is 11.5 Å². The summed E-state index contributed by atoms with van der Waals surface area (Å²) in [5.74, 6) is 1.68. The third-order valence-electron chi connectivity index (χ3n) is 2.20. The number of nitrogens with two attached hydrogens (primary N) is 1. The second-order valence-corrected chi connectivity index (χ2v) is 3.21. The van der Waals surface area contributed by atoms with Gasteiger partial charge in [0.15, 0.2) is 5.82 Å². The Kier molecular flexibility index (Phi) is 4.03. The summed E-state index contributed by atoms with van der Waals surface area (Å²) in [5.41, 5.74) is 5.57. The standard InChI is InChI=1S/C9H18N4O/c1-4-5-13-8(6-10)11-12-9(13)7(2)14-3/h7H,4-6,10H2,1-3H3. The van der Waals surface area contributed by atoms with Gasteiger partial charge in [-0.25, -0.2) is 0 Å². The topological polar surface area (TPSA) is 66.0 Å². The van der Waals surface area contributed by atoms with Crippen LogP contribution in [-0.4, -0.2) is 21.9 Å². The average Bonchev–Trinajstić information content (AvgIpc) is 2.60. The Morgan fingerprint density at radius 2 is 2.21 bits per heavy atom. The predicted molar refractivity (Wildman–Crippen MR) is 53.6 cm³/mol. The van der Waals surface area contributed by atoms with Gasteiger partial charge < -0.3 is 15.0 Å². The summed E-state index contributed by atoms with van der Waals surface area (Å²) in [6.45, 7) is 5.38. The van der Waals surface area contributed by atoms with Crippen molar-refractivity contribution in [1.29, 1.82) is 0 Å². The molecule has 1 heterocycles. The first-order valence-corrected chi connectivity index (χ1v) is 4.89. The van der Waals surface area contributed by atoms with Crippen LogP contribution in [0.4, 0.5) is 0 Å². The van der Waals surface area contributed by atoms with Gasteiger partial charge in [-0.2, -0.15) is 0 Å². The minimum atomic E-state index is -0.0330. The van der Waals surface area contributed by atoms with Crippen molar-refractivity contribution in [2.45, 2.75) is 39.5 Å². The Labute approximate surface area is 84.3 Å². The molecule has 1 aromatic rings. The van der Waals surface area contributed by atoms with Crippen LogP contribution in [0.25, 0.3) is 0 Å². The van der Waals surface area contributed by atoms with Crippen LogP contribution in [0.5, 0.6) is 0 Å². The van der Waals surface area contributed by atoms with Crippen molar-refractivity contribution < 1.29 is 4.74 Å². The Morgan fingerprint density at radius 1 is 1.50 bits per heavy atom. The van der Waals surface area contributed by atoms with E-state index in [0.29, 0.717) is 6.54 Å². The molecule has 0 aliphatic rings. The SMILES string of the molecule is CCCn1c(CN)nnc1C(C)OC. The van der Waals surface area contributed by atoms with Gasteiger partial charge in [0.2, 0.25) is 0 Å². The van der Waals surface area contributed by atoms with Crippen molar-refractivity contribution in [3.63, 3.8) is 0 Å². The van der Waals surface area contributed by atoms with E-state index in [1.54, 1.807) is 7.11 Å². The van der Waals surface area contributed by atoms with Crippen molar-refractivity contribution in [3.05, 3.63) is 11.6 Å². The molecule has 0 saturated heterocycles. The highest BCUT2D eigenvalue weighted by molar-refractivity contribution is 4.98. The molecule has 0 fully saturated rings. The minimum absolute atomic E-state index is 0.0330. The smallest absolute Gasteiger partial charge is 0.161 e. The number of ether oxygens (including phenoxy) is 1. The molecule has 1 aromatic heterocycles. The van der Waals surface area contributed by atoms with E-state index >= 15 is 0 Å². The van der Waals surface area contributed by atoms with Gasteiger partial charge >= 0.3 is 0 Å². The largest absolute Gasteiger partial charge is 0.374 e. The van der Waals surface area contributed by atoms with Gasteiger partial charge in [0.1, 0.15) is 11.9 Å². The van der Waals surface area contributed by atoms with Crippen molar-refractivity contribution >= 4 is 0 Å². The second-order valence-electron chi connectivity index (χ2n) is 3.21. The van der Waals surface area contributed by atoms with Crippen molar-refractivity contribution in [1.82, 2.24) is 14.8 Å². The van der Waals surface area contributed by atoms with Gasteiger partial charge in [-0.3, -0.25) is 0 Å². The van der Waals surface area contributed by atoms with E-state index in [9.17, 15) is 0 Å². The predicted octanol–water partition coefficient (Wildman–Crippen LogP) is 0.854. The molecular weight excluding hydrogens is 180 g/mol. The van der Waals surface area contributed by atoms with E-state index < -0.39 is 0 Å². The maximum atomic E-state index is 5.57. The number of methoxy groups -OCH3 is 1. The van der Waals surface area contributed by atoms with Gasteiger partial charge in [0.25, 0.3) is 0 Å². The molecule has 2 N–H and O–H groups in total. The molecule has 1 unspecified atom stereocenters. The zero-order chi connectivity index (χ0) is 10.6. The Balaban J connectivity index is 2.97. The fourth-order valence-corrected chi connectivity index (χ4v) is 1.37. The number of rotatable bonds is 5. The summed E-state index contributed by atoms with van der Waals surface area (Å²) in [5, 5.41) is 8.11. The van der Waals surface area contributed by atoms with Gasteiger partial charge in [0.05, 0.1) is 6.54 Å². The van der Waals surface area contributed by atoms with Crippen LogP contribution in [0.15, 0.2) is 0 Å². The lowest BCUT2D eigenvalue weighted by Crippen LogP contribution is -2.13. The first kappa shape index (κ1) is 11.1. The van der Waals surface area contributed by atoms with Crippen LogP contribution in [0, 0.1) is 0 Å². The molecule has 5 heteroatoms. The van der Waals surface area contributed by atoms with Crippen LogP contribution in [-0.2, 0) is 17.8 Å². The highest BCUT2D eigenvalue weighted by atomic mass is 16.5. The van der Waals surface area contributed by atoms with Crippen LogP contribution >= 0.6 is 0 Å². The van der Waals surface area contributed by atoms with Crippen LogP contribution in [0.3, 0.4) is 0 Å². The van der Waals surface area contributed by atoms with E-state index in [-0.39, 0.29) is 6.10 Å². The number of hydrogen-bond donors (Lipinski definition) is 1. The molecule has 0 amide bonds. The molecule has 0 saturated carbocycles. The zero-order valence-corrected chi connectivity index (χ0v) is 9.03. The first-order chi connectivity index (χ1) is 6.74. The minimum Gasteiger partial charge on any atom is -0.374 e. The lowest BCUT2D eigenvalue weighted by molar-refractivity contribution is 0.108. The highest BCUT2D eigenvalue weighted by Crippen LogP contribution is 2.14. The third-order valence-corrected chi connectivity index (χ3v) is 2.20. The van der Waals surface area contributed by atoms with E-state index in [0.717, 1.165) is 24.6 Å². The monoisotopic (exact) mass is 198 g/mol. The second kappa shape index (κ2) is 5.07. The van der Waals surface area contributed by atoms with Gasteiger partial charge in [0, 0.05) is 13.7 Å². The number of nitrogens with zero attached hydrogens (tertiary/aromatic N) is 3. The molecular formula is C9H18N4O. The summed E-state index contributed by atoms with van der Waals surface area (Å²) in [6, 6.07) is 0. The summed E-state index contributed by atoms with van der Waals surface area (Å²) in [7, 11) is 1.66. The third kappa shape index (κ3) is 2.10. The lowest BCUT2D eigenvalue weighted by Gasteiger charge is -2.12. The van der Waals surface area contributed by atoms with Crippen LogP contribution in [0.2, 0.25) is 0 Å². The maximum Gasteiger partial charge on any atom is 0.161 e. The molecule has 1 rings (SSSR count). The van der Waals surface area contributed by atoms with Gasteiger partial charge in [-0.05, 0) is 13.3 Å². The Morgan fingerprint density at radius 3 is 2.71 bits per heavy atom. The summed E-state index contributed by atoms with van der Waals surface area (Å²) < 4.78 is 7.25. The van der Waals surface area contributed by atoms with Crippen molar-refractivity contribution in [3.8, 4) is 0 Å². The maximum absolute atomic E-state index is 5.57. The molecule has 0 aliphatic heterocycles. The van der Waals surface area contributed by atoms with E-state index in [1.165, 1.54) is 0 Å².